The maximum absolute atomic E-state index is 12.3. The van der Waals surface area contributed by atoms with Gasteiger partial charge in [0.25, 0.3) is 5.91 Å². The number of carbonyl (C=O) groups excluding carboxylic acids is 1. The number of halogens is 3. The molecule has 1 amide bonds. The second-order valence-electron chi connectivity index (χ2n) is 3.69. The molecule has 1 aromatic rings. The molecule has 0 N–H and O–H groups in total. The Kier molecular flexibility index (Phi) is 4.32. The summed E-state index contributed by atoms with van der Waals surface area (Å²) in [5, 5.41) is 0. The van der Waals surface area contributed by atoms with Gasteiger partial charge in [0.1, 0.15) is 0 Å². The monoisotopic (exact) mass is 385 g/mol. The van der Waals surface area contributed by atoms with E-state index in [0.717, 1.165) is 32.5 Å². The minimum Gasteiger partial charge on any atom is -0.334 e. The Balaban J connectivity index is 2.21. The number of rotatable bonds is 2. The maximum Gasteiger partial charge on any atom is 0.256 e. The number of carbonyl (C=O) groups is 1. The van der Waals surface area contributed by atoms with Crippen LogP contribution in [0.1, 0.15) is 23.2 Å². The van der Waals surface area contributed by atoms with Crippen molar-refractivity contribution in [1.29, 1.82) is 0 Å². The lowest BCUT2D eigenvalue weighted by Gasteiger charge is -2.22. The second-order valence-corrected chi connectivity index (χ2v) is 7.74. The van der Waals surface area contributed by atoms with Gasteiger partial charge in [-0.05, 0) is 50.8 Å². The summed E-state index contributed by atoms with van der Waals surface area (Å²) in [4.78, 5) is 14.2. The third-order valence-electron chi connectivity index (χ3n) is 2.70. The van der Waals surface area contributed by atoms with Gasteiger partial charge in [-0.15, -0.1) is 22.9 Å². The van der Waals surface area contributed by atoms with Crippen LogP contribution in [-0.2, 0) is 0 Å². The first kappa shape index (κ1) is 12.9. The first-order valence-electron chi connectivity index (χ1n) is 4.95. The molecule has 16 heavy (non-hydrogen) atoms. The lowest BCUT2D eigenvalue weighted by molar-refractivity contribution is 0.0749. The van der Waals surface area contributed by atoms with Gasteiger partial charge in [0.05, 0.1) is 13.1 Å². The highest BCUT2D eigenvalue weighted by Crippen LogP contribution is 2.34. The van der Waals surface area contributed by atoms with Crippen LogP contribution in [0, 0.1) is 0 Å². The number of hydrogen-bond donors (Lipinski definition) is 0. The zero-order valence-corrected chi connectivity index (χ0v) is 13.1. The Labute approximate surface area is 120 Å². The second kappa shape index (κ2) is 5.38. The van der Waals surface area contributed by atoms with E-state index in [-0.39, 0.29) is 11.9 Å². The van der Waals surface area contributed by atoms with Crippen LogP contribution in [-0.4, -0.2) is 29.3 Å². The molecule has 1 unspecified atom stereocenters. The minimum atomic E-state index is 0.0805. The van der Waals surface area contributed by atoms with Crippen LogP contribution < -0.4 is 0 Å². The molecule has 0 radical (unpaired) electrons. The Morgan fingerprint density at radius 2 is 2.38 bits per heavy atom. The summed E-state index contributed by atoms with van der Waals surface area (Å²) in [5.74, 6) is 0.603. The molecule has 0 bridgehead atoms. The molecule has 6 heteroatoms. The van der Waals surface area contributed by atoms with Gasteiger partial charge in [0.15, 0.2) is 0 Å². The molecule has 1 saturated heterocycles. The van der Waals surface area contributed by atoms with Crippen molar-refractivity contribution in [3.05, 3.63) is 19.2 Å². The fraction of sp³-hybridized carbons (Fsp3) is 0.500. The Bertz CT molecular complexity index is 410. The van der Waals surface area contributed by atoms with E-state index >= 15 is 0 Å². The Hall–Kier alpha value is 0.420. The minimum absolute atomic E-state index is 0.0805. The van der Waals surface area contributed by atoms with Crippen LogP contribution in [0.25, 0.3) is 0 Å². The lowest BCUT2D eigenvalue weighted by atomic mass is 10.2. The van der Waals surface area contributed by atoms with E-state index in [0.29, 0.717) is 5.88 Å². The van der Waals surface area contributed by atoms with Gasteiger partial charge in [-0.1, -0.05) is 0 Å². The summed E-state index contributed by atoms with van der Waals surface area (Å²) in [6.07, 6.45) is 2.06. The van der Waals surface area contributed by atoms with Gasteiger partial charge in [0.2, 0.25) is 0 Å². The molecule has 2 heterocycles. The van der Waals surface area contributed by atoms with Crippen LogP contribution >= 0.6 is 54.8 Å². The molecule has 1 aromatic heterocycles. The first-order valence-corrected chi connectivity index (χ1v) is 7.89. The molecular formula is C10H10Br2ClNOS. The smallest absolute Gasteiger partial charge is 0.256 e. The largest absolute Gasteiger partial charge is 0.334 e. The summed E-state index contributed by atoms with van der Waals surface area (Å²) in [6.45, 7) is 0.816. The molecule has 1 fully saturated rings. The van der Waals surface area contributed by atoms with Crippen LogP contribution in [0.3, 0.4) is 0 Å². The van der Waals surface area contributed by atoms with Gasteiger partial charge in [-0.3, -0.25) is 4.79 Å². The zero-order valence-electron chi connectivity index (χ0n) is 8.38. The highest BCUT2D eigenvalue weighted by atomic mass is 79.9. The summed E-state index contributed by atoms with van der Waals surface area (Å²) in [5.41, 5.74) is 0.730. The molecule has 1 aliphatic heterocycles. The lowest BCUT2D eigenvalue weighted by Crippen LogP contribution is -2.36. The van der Waals surface area contributed by atoms with E-state index in [1.165, 1.54) is 11.3 Å². The van der Waals surface area contributed by atoms with E-state index in [1.807, 2.05) is 11.0 Å². The maximum atomic E-state index is 12.3. The summed E-state index contributed by atoms with van der Waals surface area (Å²) in [6, 6.07) is 2.06. The molecule has 2 rings (SSSR count). The van der Waals surface area contributed by atoms with Gasteiger partial charge in [-0.2, -0.15) is 0 Å². The number of thiophene rings is 1. The van der Waals surface area contributed by atoms with Crippen molar-refractivity contribution in [3.63, 3.8) is 0 Å². The molecule has 0 aliphatic carbocycles. The summed E-state index contributed by atoms with van der Waals surface area (Å²) in [7, 11) is 0. The number of amides is 1. The van der Waals surface area contributed by atoms with E-state index in [4.69, 9.17) is 11.6 Å². The van der Waals surface area contributed by atoms with Crippen LogP contribution in [0.4, 0.5) is 0 Å². The zero-order chi connectivity index (χ0) is 11.7. The van der Waals surface area contributed by atoms with Gasteiger partial charge in [-0.25, -0.2) is 0 Å². The highest BCUT2D eigenvalue weighted by Gasteiger charge is 2.30. The van der Waals surface area contributed by atoms with Crippen molar-refractivity contribution in [2.24, 2.45) is 0 Å². The normalized spacial score (nSPS) is 20.4. The number of alkyl halides is 1. The molecular weight excluding hydrogens is 377 g/mol. The van der Waals surface area contributed by atoms with Gasteiger partial charge >= 0.3 is 0 Å². The Morgan fingerprint density at radius 3 is 2.94 bits per heavy atom. The molecule has 1 aliphatic rings. The van der Waals surface area contributed by atoms with E-state index in [2.05, 4.69) is 31.9 Å². The predicted molar refractivity (Wildman–Crippen MR) is 74.5 cm³/mol. The van der Waals surface area contributed by atoms with Crippen molar-refractivity contribution < 1.29 is 4.79 Å². The SMILES string of the molecule is O=C(c1cc(Br)sc1Br)N1CCCC1CCl. The third-order valence-corrected chi connectivity index (χ3v) is 5.40. The molecule has 1 atom stereocenters. The van der Waals surface area contributed by atoms with Gasteiger partial charge < -0.3 is 4.90 Å². The first-order chi connectivity index (χ1) is 7.63. The quantitative estimate of drug-likeness (QED) is 0.699. The van der Waals surface area contributed by atoms with E-state index in [9.17, 15) is 4.79 Å². The standard InChI is InChI=1S/C10H10Br2ClNOS/c11-8-4-7(9(12)16-8)10(15)14-3-1-2-6(14)5-13/h4,6H,1-3,5H2. The summed E-state index contributed by atoms with van der Waals surface area (Å²) < 4.78 is 1.84. The highest BCUT2D eigenvalue weighted by molar-refractivity contribution is 9.12. The van der Waals surface area contributed by atoms with Gasteiger partial charge in [0, 0.05) is 18.5 Å². The molecule has 88 valence electrons. The third kappa shape index (κ3) is 2.47. The van der Waals surface area contributed by atoms with Crippen molar-refractivity contribution in [3.8, 4) is 0 Å². The molecule has 2 nitrogen and oxygen atoms in total. The average molecular weight is 388 g/mol. The van der Waals surface area contributed by atoms with Crippen LogP contribution in [0.15, 0.2) is 13.6 Å². The van der Waals surface area contributed by atoms with Crippen molar-refractivity contribution in [2.75, 3.05) is 12.4 Å². The van der Waals surface area contributed by atoms with Crippen molar-refractivity contribution in [1.82, 2.24) is 4.90 Å². The van der Waals surface area contributed by atoms with Crippen molar-refractivity contribution in [2.45, 2.75) is 18.9 Å². The number of hydrogen-bond acceptors (Lipinski definition) is 2. The van der Waals surface area contributed by atoms with Crippen molar-refractivity contribution >= 4 is 60.7 Å². The predicted octanol–water partition coefficient (Wildman–Crippen LogP) is 4.12. The van der Waals surface area contributed by atoms with Crippen LogP contribution in [0.2, 0.25) is 0 Å². The number of likely N-dealkylation sites (tertiary alicyclic amines) is 1. The number of nitrogens with zero attached hydrogens (tertiary/aromatic N) is 1. The topological polar surface area (TPSA) is 20.3 Å². The van der Waals surface area contributed by atoms with Crippen LogP contribution in [0.5, 0.6) is 0 Å². The summed E-state index contributed by atoms with van der Waals surface area (Å²) >= 11 is 14.2. The molecule has 0 spiro atoms. The average Bonchev–Trinajstić information content (AvgIpc) is 2.83. The Morgan fingerprint density at radius 1 is 1.62 bits per heavy atom. The fourth-order valence-electron chi connectivity index (χ4n) is 1.90. The molecule has 0 saturated carbocycles. The van der Waals surface area contributed by atoms with E-state index in [1.54, 1.807) is 0 Å². The van der Waals surface area contributed by atoms with E-state index < -0.39 is 0 Å². The molecule has 0 aromatic carbocycles. The fourth-order valence-corrected chi connectivity index (χ4v) is 5.00.